The minimum atomic E-state index is 0.306. The van der Waals surface area contributed by atoms with Gasteiger partial charge in [0.05, 0.1) is 5.69 Å². The molecule has 0 atom stereocenters. The Labute approximate surface area is 119 Å². The van der Waals surface area contributed by atoms with Crippen LogP contribution in [0, 0.1) is 0 Å². The number of nitrogens with one attached hydrogen (secondary N) is 2. The van der Waals surface area contributed by atoms with E-state index < -0.39 is 0 Å². The van der Waals surface area contributed by atoms with Gasteiger partial charge >= 0.3 is 0 Å². The summed E-state index contributed by atoms with van der Waals surface area (Å²) in [6, 6.07) is 7.96. The standard InChI is InChI=1S/C13H14BrN5/c14-8-2-1-3-9(6-8)17-12-10-4-5-16-7-11(10)18-13(15)19-12/h1-3,6,16H,4-5,7H2,(H3,15,17,18,19). The Morgan fingerprint density at radius 1 is 1.32 bits per heavy atom. The number of halogens is 1. The highest BCUT2D eigenvalue weighted by atomic mass is 79.9. The molecule has 1 aromatic carbocycles. The molecule has 98 valence electrons. The monoisotopic (exact) mass is 319 g/mol. The molecule has 0 fully saturated rings. The number of nitrogens with zero attached hydrogens (tertiary/aromatic N) is 2. The zero-order valence-electron chi connectivity index (χ0n) is 10.3. The van der Waals surface area contributed by atoms with Crippen LogP contribution < -0.4 is 16.4 Å². The zero-order valence-corrected chi connectivity index (χ0v) is 11.9. The number of nitrogen functional groups attached to an aromatic ring is 1. The molecule has 19 heavy (non-hydrogen) atoms. The lowest BCUT2D eigenvalue weighted by atomic mass is 10.1. The van der Waals surface area contributed by atoms with E-state index in [-0.39, 0.29) is 0 Å². The Kier molecular flexibility index (Phi) is 3.35. The SMILES string of the molecule is Nc1nc2c(c(Nc3cccc(Br)c3)n1)CCNC2. The predicted molar refractivity (Wildman–Crippen MR) is 79.3 cm³/mol. The summed E-state index contributed by atoms with van der Waals surface area (Å²) < 4.78 is 1.02. The molecule has 5 nitrogen and oxygen atoms in total. The normalized spacial score (nSPS) is 13.9. The maximum atomic E-state index is 5.77. The van der Waals surface area contributed by atoms with Crippen molar-refractivity contribution in [3.8, 4) is 0 Å². The number of benzene rings is 1. The lowest BCUT2D eigenvalue weighted by Crippen LogP contribution is -2.26. The Morgan fingerprint density at radius 3 is 3.05 bits per heavy atom. The van der Waals surface area contributed by atoms with Gasteiger partial charge in [0, 0.05) is 22.3 Å². The maximum absolute atomic E-state index is 5.77. The van der Waals surface area contributed by atoms with Gasteiger partial charge in [-0.15, -0.1) is 0 Å². The van der Waals surface area contributed by atoms with Gasteiger partial charge in [-0.2, -0.15) is 4.98 Å². The van der Waals surface area contributed by atoms with Crippen LogP contribution in [0.1, 0.15) is 11.3 Å². The molecule has 2 heterocycles. The summed E-state index contributed by atoms with van der Waals surface area (Å²) in [5.41, 5.74) is 8.88. The van der Waals surface area contributed by atoms with E-state index >= 15 is 0 Å². The van der Waals surface area contributed by atoms with Crippen molar-refractivity contribution < 1.29 is 0 Å². The number of hydrogen-bond donors (Lipinski definition) is 3. The van der Waals surface area contributed by atoms with Crippen LogP contribution in [0.5, 0.6) is 0 Å². The van der Waals surface area contributed by atoms with E-state index in [0.29, 0.717) is 5.95 Å². The molecule has 3 rings (SSSR count). The van der Waals surface area contributed by atoms with Gasteiger partial charge in [0.1, 0.15) is 5.82 Å². The third kappa shape index (κ3) is 2.69. The molecule has 0 radical (unpaired) electrons. The van der Waals surface area contributed by atoms with E-state index in [1.54, 1.807) is 0 Å². The molecule has 1 aliphatic rings. The smallest absolute Gasteiger partial charge is 0.222 e. The summed E-state index contributed by atoms with van der Waals surface area (Å²) in [5.74, 6) is 1.11. The number of aromatic nitrogens is 2. The second-order valence-electron chi connectivity index (χ2n) is 4.42. The number of fused-ring (bicyclic) bond motifs is 1. The Balaban J connectivity index is 1.98. The Morgan fingerprint density at radius 2 is 2.21 bits per heavy atom. The van der Waals surface area contributed by atoms with Crippen LogP contribution in [0.15, 0.2) is 28.7 Å². The Bertz CT molecular complexity index is 614. The van der Waals surface area contributed by atoms with E-state index in [0.717, 1.165) is 46.7 Å². The first-order valence-electron chi connectivity index (χ1n) is 6.11. The molecule has 0 amide bonds. The molecule has 0 unspecified atom stereocenters. The van der Waals surface area contributed by atoms with E-state index in [4.69, 9.17) is 5.73 Å². The third-order valence-electron chi connectivity index (χ3n) is 3.04. The summed E-state index contributed by atoms with van der Waals surface area (Å²) in [5, 5.41) is 6.61. The maximum Gasteiger partial charge on any atom is 0.222 e. The largest absolute Gasteiger partial charge is 0.368 e. The van der Waals surface area contributed by atoms with E-state index in [1.807, 2.05) is 24.3 Å². The predicted octanol–water partition coefficient (Wildman–Crippen LogP) is 2.21. The summed E-state index contributed by atoms with van der Waals surface area (Å²) in [6.45, 7) is 1.68. The van der Waals surface area contributed by atoms with Gasteiger partial charge in [0.25, 0.3) is 0 Å². The molecule has 2 aromatic rings. The van der Waals surface area contributed by atoms with Crippen molar-refractivity contribution in [2.45, 2.75) is 13.0 Å². The van der Waals surface area contributed by atoms with Crippen LogP contribution >= 0.6 is 15.9 Å². The topological polar surface area (TPSA) is 75.9 Å². The number of hydrogen-bond acceptors (Lipinski definition) is 5. The summed E-state index contributed by atoms with van der Waals surface area (Å²) in [4.78, 5) is 8.61. The van der Waals surface area contributed by atoms with Crippen molar-refractivity contribution in [2.24, 2.45) is 0 Å². The third-order valence-corrected chi connectivity index (χ3v) is 3.53. The first-order chi connectivity index (χ1) is 9.22. The molecule has 0 spiro atoms. The average molecular weight is 320 g/mol. The van der Waals surface area contributed by atoms with Crippen molar-refractivity contribution in [2.75, 3.05) is 17.6 Å². The van der Waals surface area contributed by atoms with Gasteiger partial charge in [0.15, 0.2) is 0 Å². The van der Waals surface area contributed by atoms with Crippen LogP contribution in [0.3, 0.4) is 0 Å². The highest BCUT2D eigenvalue weighted by molar-refractivity contribution is 9.10. The van der Waals surface area contributed by atoms with Gasteiger partial charge in [0.2, 0.25) is 5.95 Å². The fourth-order valence-electron chi connectivity index (χ4n) is 2.18. The van der Waals surface area contributed by atoms with E-state index in [1.165, 1.54) is 0 Å². The van der Waals surface area contributed by atoms with Crippen molar-refractivity contribution in [1.29, 1.82) is 0 Å². The zero-order chi connectivity index (χ0) is 13.2. The van der Waals surface area contributed by atoms with Crippen molar-refractivity contribution in [1.82, 2.24) is 15.3 Å². The first-order valence-corrected chi connectivity index (χ1v) is 6.90. The first kappa shape index (κ1) is 12.4. The van der Waals surface area contributed by atoms with E-state index in [9.17, 15) is 0 Å². The lowest BCUT2D eigenvalue weighted by molar-refractivity contribution is 0.626. The van der Waals surface area contributed by atoms with E-state index in [2.05, 4.69) is 36.5 Å². The summed E-state index contributed by atoms with van der Waals surface area (Å²) >= 11 is 3.46. The van der Waals surface area contributed by atoms with Crippen molar-refractivity contribution >= 4 is 33.4 Å². The molecule has 1 aromatic heterocycles. The number of anilines is 3. The second kappa shape index (κ2) is 5.14. The molecular weight excluding hydrogens is 306 g/mol. The minimum absolute atomic E-state index is 0.306. The quantitative estimate of drug-likeness (QED) is 0.791. The fourth-order valence-corrected chi connectivity index (χ4v) is 2.58. The van der Waals surface area contributed by atoms with Crippen LogP contribution in [0.25, 0.3) is 0 Å². The average Bonchev–Trinajstić information content (AvgIpc) is 2.38. The van der Waals surface area contributed by atoms with Gasteiger partial charge in [-0.1, -0.05) is 22.0 Å². The van der Waals surface area contributed by atoms with Gasteiger partial charge in [-0.05, 0) is 31.2 Å². The fraction of sp³-hybridized carbons (Fsp3) is 0.231. The molecule has 0 saturated heterocycles. The molecule has 0 aliphatic carbocycles. The lowest BCUT2D eigenvalue weighted by Gasteiger charge is -2.20. The molecule has 1 aliphatic heterocycles. The Hall–Kier alpha value is -1.66. The van der Waals surface area contributed by atoms with Crippen LogP contribution in [0.4, 0.5) is 17.5 Å². The highest BCUT2D eigenvalue weighted by Crippen LogP contribution is 2.25. The van der Waals surface area contributed by atoms with Gasteiger partial charge in [-0.3, -0.25) is 0 Å². The number of nitrogens with two attached hydrogens (primary N) is 1. The van der Waals surface area contributed by atoms with Crippen molar-refractivity contribution in [3.63, 3.8) is 0 Å². The summed E-state index contributed by atoms with van der Waals surface area (Å²) in [6.07, 6.45) is 0.909. The van der Waals surface area contributed by atoms with Gasteiger partial charge < -0.3 is 16.4 Å². The number of rotatable bonds is 2. The second-order valence-corrected chi connectivity index (χ2v) is 5.33. The molecular formula is C13H14BrN5. The molecule has 6 heteroatoms. The molecule has 4 N–H and O–H groups in total. The minimum Gasteiger partial charge on any atom is -0.368 e. The molecule has 0 saturated carbocycles. The van der Waals surface area contributed by atoms with Crippen LogP contribution in [-0.2, 0) is 13.0 Å². The van der Waals surface area contributed by atoms with Gasteiger partial charge in [-0.25, -0.2) is 4.98 Å². The summed E-state index contributed by atoms with van der Waals surface area (Å²) in [7, 11) is 0. The molecule has 0 bridgehead atoms. The van der Waals surface area contributed by atoms with Crippen molar-refractivity contribution in [3.05, 3.63) is 40.0 Å². The van der Waals surface area contributed by atoms with Crippen LogP contribution in [0.2, 0.25) is 0 Å². The van der Waals surface area contributed by atoms with Crippen LogP contribution in [-0.4, -0.2) is 16.5 Å². The highest BCUT2D eigenvalue weighted by Gasteiger charge is 2.16.